The maximum absolute atomic E-state index is 0. The minimum atomic E-state index is 0. The fourth-order valence-corrected chi connectivity index (χ4v) is 0. The van der Waals surface area contributed by atoms with Gasteiger partial charge in [0.05, 0.1) is 0 Å². The second-order valence-corrected chi connectivity index (χ2v) is 0. The van der Waals surface area contributed by atoms with Gasteiger partial charge in [0.25, 0.3) is 0 Å². The molecule has 6 heavy (non-hydrogen) atoms. The molecule has 0 heterocycles. The summed E-state index contributed by atoms with van der Waals surface area (Å²) >= 11 is 0. The Labute approximate surface area is 112 Å². The van der Waals surface area contributed by atoms with Crippen LogP contribution < -0.4 is 0 Å². The molecule has 0 rings (SSSR count). The first kappa shape index (κ1) is 54.8. The molecule has 1 radical (unpaired) electrons. The van der Waals surface area contributed by atoms with Gasteiger partial charge in [0.15, 0.2) is 0 Å². The van der Waals surface area contributed by atoms with Crippen LogP contribution in [0.25, 0.3) is 0 Å². The molecule has 0 fully saturated rings. The first-order chi connectivity index (χ1) is 0. The van der Waals surface area contributed by atoms with Crippen molar-refractivity contribution in [2.45, 2.75) is 0 Å². The van der Waals surface area contributed by atoms with Gasteiger partial charge in [-0.05, 0) is 0 Å². The molecular formula is AlCdCoFeNiZn+13. The summed E-state index contributed by atoms with van der Waals surface area (Å²) in [5, 5.41) is 0. The van der Waals surface area contributed by atoms with E-state index in [9.17, 15) is 0 Å². The van der Waals surface area contributed by atoms with Crippen LogP contribution in [-0.4, -0.2) is 17.4 Å². The van der Waals surface area contributed by atoms with E-state index in [0.717, 1.165) is 0 Å². The van der Waals surface area contributed by atoms with Crippen LogP contribution in [0.2, 0.25) is 0 Å². The molecule has 0 nitrogen and oxygen atoms in total. The maximum Gasteiger partial charge on any atom is 3.00 e. The van der Waals surface area contributed by atoms with Gasteiger partial charge < -0.3 is 0 Å². The summed E-state index contributed by atoms with van der Waals surface area (Å²) in [6.45, 7) is 0. The van der Waals surface area contributed by atoms with Crippen molar-refractivity contribution in [2.24, 2.45) is 0 Å². The van der Waals surface area contributed by atoms with E-state index in [0.29, 0.717) is 0 Å². The number of hydrogen-bond donors (Lipinski definition) is 0. The van der Waals surface area contributed by atoms with Crippen LogP contribution in [-0.2, 0) is 97.1 Å². The van der Waals surface area contributed by atoms with Crippen LogP contribution in [0.15, 0.2) is 0 Å². The van der Waals surface area contributed by atoms with Crippen LogP contribution in [0.5, 0.6) is 0 Å². The molecule has 0 aromatic heterocycles. The molecular weight excluding hydrogens is 378 g/mol. The quantitative estimate of drug-likeness (QED) is 0.504. The maximum atomic E-state index is 0. The van der Waals surface area contributed by atoms with E-state index in [2.05, 4.69) is 0 Å². The first-order valence-corrected chi connectivity index (χ1v) is 0. The van der Waals surface area contributed by atoms with E-state index in [1.807, 2.05) is 0 Å². The standard InChI is InChI=1S/Al.Cd.Co.Fe.Ni.Zn/q+3;5*+2. The van der Waals surface area contributed by atoms with Gasteiger partial charge in [0, 0.05) is 0 Å². The van der Waals surface area contributed by atoms with Crippen molar-refractivity contribution in [3.63, 3.8) is 0 Å². The van der Waals surface area contributed by atoms with E-state index in [-0.39, 0.29) is 114 Å². The Balaban J connectivity index is 0. The third kappa shape index (κ3) is 25.6. The molecule has 0 amide bonds. The van der Waals surface area contributed by atoms with Crippen molar-refractivity contribution >= 4 is 17.4 Å². The molecule has 0 bridgehead atoms. The Morgan fingerprint density at radius 1 is 1.00 bits per heavy atom. The fourth-order valence-electron chi connectivity index (χ4n) is 0. The smallest absolute Gasteiger partial charge is 2.00 e. The molecule has 0 saturated heterocycles. The summed E-state index contributed by atoms with van der Waals surface area (Å²) in [6.07, 6.45) is 0. The summed E-state index contributed by atoms with van der Waals surface area (Å²) < 4.78 is 0. The summed E-state index contributed by atoms with van der Waals surface area (Å²) in [6, 6.07) is 0. The van der Waals surface area contributed by atoms with E-state index in [1.165, 1.54) is 0 Å². The molecule has 0 aromatic rings. The topological polar surface area (TPSA) is 0 Å². The summed E-state index contributed by atoms with van der Waals surface area (Å²) in [5.41, 5.74) is 0. The number of rotatable bonds is 0. The fraction of sp³-hybridized carbons (Fsp3) is 0. The third-order valence-corrected chi connectivity index (χ3v) is 0. The molecule has 0 aliphatic rings. The third-order valence-electron chi connectivity index (χ3n) is 0. The van der Waals surface area contributed by atoms with Crippen LogP contribution in [0.3, 0.4) is 0 Å². The molecule has 0 N–H and O–H groups in total. The van der Waals surface area contributed by atoms with Crippen molar-refractivity contribution in [3.05, 3.63) is 0 Å². The SMILES string of the molecule is [Al+3].[Cd+2].[Co+2].[Fe+2].[Ni+2].[Zn+2]. The van der Waals surface area contributed by atoms with Gasteiger partial charge in [-0.25, -0.2) is 0 Å². The van der Waals surface area contributed by atoms with Gasteiger partial charge in [-0.1, -0.05) is 0 Å². The average molecular weight is 378 g/mol. The van der Waals surface area contributed by atoms with Gasteiger partial charge in [-0.3, -0.25) is 0 Å². The largest absolute Gasteiger partial charge is 3.00 e. The molecule has 0 spiro atoms. The number of hydrogen-bond acceptors (Lipinski definition) is 0. The van der Waals surface area contributed by atoms with Crippen molar-refractivity contribution in [1.82, 2.24) is 0 Å². The molecule has 0 aliphatic heterocycles. The monoisotopic (exact) mass is 378 g/mol. The van der Waals surface area contributed by atoms with Crippen LogP contribution in [0, 0.1) is 0 Å². The van der Waals surface area contributed by atoms with E-state index in [4.69, 9.17) is 0 Å². The Morgan fingerprint density at radius 3 is 1.00 bits per heavy atom. The molecule has 0 aliphatic carbocycles. The Kier molecular flexibility index (Phi) is 350. The zero-order valence-corrected chi connectivity index (χ0v) is 14.3. The van der Waals surface area contributed by atoms with Gasteiger partial charge in [-0.2, -0.15) is 0 Å². The van der Waals surface area contributed by atoms with E-state index in [1.54, 1.807) is 0 Å². The Hall–Kier alpha value is 3.60. The van der Waals surface area contributed by atoms with Gasteiger partial charge >= 0.3 is 114 Å². The predicted molar refractivity (Wildman–Crippen MR) is 5.75 cm³/mol. The molecule has 0 aromatic carbocycles. The summed E-state index contributed by atoms with van der Waals surface area (Å²) in [7, 11) is 0. The molecule has 0 saturated carbocycles. The Morgan fingerprint density at radius 2 is 1.00 bits per heavy atom. The second-order valence-electron chi connectivity index (χ2n) is 0. The minimum Gasteiger partial charge on any atom is 2.00 e. The first-order valence-electron chi connectivity index (χ1n) is 0. The van der Waals surface area contributed by atoms with Gasteiger partial charge in [0.1, 0.15) is 0 Å². The van der Waals surface area contributed by atoms with Crippen molar-refractivity contribution in [2.75, 3.05) is 0 Å². The molecule has 0 unspecified atom stereocenters. The average Bonchev–Trinajstić information content (AvgIpc) is 0. The van der Waals surface area contributed by atoms with E-state index >= 15 is 0 Å². The van der Waals surface area contributed by atoms with Crippen molar-refractivity contribution in [1.29, 1.82) is 0 Å². The van der Waals surface area contributed by atoms with Crippen molar-refractivity contribution in [3.8, 4) is 0 Å². The van der Waals surface area contributed by atoms with Crippen LogP contribution >= 0.6 is 0 Å². The second kappa shape index (κ2) is 38.3. The van der Waals surface area contributed by atoms with Gasteiger partial charge in [-0.15, -0.1) is 0 Å². The van der Waals surface area contributed by atoms with Crippen molar-refractivity contribution < 1.29 is 97.1 Å². The van der Waals surface area contributed by atoms with E-state index < -0.39 is 0 Å². The molecule has 6 heteroatoms. The zero-order chi connectivity index (χ0) is 0. The summed E-state index contributed by atoms with van der Waals surface area (Å²) in [5.74, 6) is 0. The Bertz CT molecular complexity index is 15.5. The molecule has 0 atom stereocenters. The minimum absolute atomic E-state index is 0. The normalized spacial score (nSPS) is 0. The van der Waals surface area contributed by atoms with Gasteiger partial charge in [0.2, 0.25) is 0 Å². The van der Waals surface area contributed by atoms with Crippen LogP contribution in [0.4, 0.5) is 0 Å². The summed E-state index contributed by atoms with van der Waals surface area (Å²) in [4.78, 5) is 0. The predicted octanol–water partition coefficient (Wildman–Crippen LogP) is -0.393. The molecule has 21 valence electrons. The van der Waals surface area contributed by atoms with Crippen LogP contribution in [0.1, 0.15) is 0 Å². The zero-order valence-electron chi connectivity index (χ0n) is 2.99.